The van der Waals surface area contributed by atoms with Crippen LogP contribution in [-0.2, 0) is 14.3 Å². The zero-order chi connectivity index (χ0) is 54.0. The monoisotopic (exact) mass is 1050 g/mol. The van der Waals surface area contributed by atoms with Gasteiger partial charge in [-0.1, -0.05) is 262 Å². The van der Waals surface area contributed by atoms with Crippen molar-refractivity contribution in [1.82, 2.24) is 5.32 Å². The highest BCUT2D eigenvalue weighted by Crippen LogP contribution is 2.23. The van der Waals surface area contributed by atoms with Gasteiger partial charge in [0.1, 0.15) is 36.6 Å². The van der Waals surface area contributed by atoms with Crippen molar-refractivity contribution in [3.05, 3.63) is 36.5 Å². The van der Waals surface area contributed by atoms with Gasteiger partial charge in [-0.05, 0) is 64.2 Å². The third-order valence-corrected chi connectivity index (χ3v) is 15.2. The number of amides is 1. The Balaban J connectivity index is 2.29. The Morgan fingerprint density at radius 3 is 1.20 bits per heavy atom. The van der Waals surface area contributed by atoms with E-state index in [4.69, 9.17) is 9.47 Å². The molecule has 0 aromatic carbocycles. The molecule has 1 rings (SSSR count). The maximum absolute atomic E-state index is 13.2. The van der Waals surface area contributed by atoms with Crippen LogP contribution < -0.4 is 5.32 Å². The van der Waals surface area contributed by atoms with Crippen LogP contribution in [0.2, 0.25) is 0 Å². The molecular formula is C63H119NO10. The van der Waals surface area contributed by atoms with E-state index in [1.165, 1.54) is 199 Å². The van der Waals surface area contributed by atoms with Gasteiger partial charge in [-0.15, -0.1) is 0 Å². The lowest BCUT2D eigenvalue weighted by Gasteiger charge is -2.40. The molecule has 0 spiro atoms. The number of aliphatic hydroxyl groups excluding tert-OH is 7. The van der Waals surface area contributed by atoms with E-state index in [9.17, 15) is 40.5 Å². The maximum Gasteiger partial charge on any atom is 0.249 e. The highest BCUT2D eigenvalue weighted by Gasteiger charge is 2.44. The number of hydrogen-bond donors (Lipinski definition) is 8. The Hall–Kier alpha value is -1.67. The molecule has 8 N–H and O–H groups in total. The quantitative estimate of drug-likeness (QED) is 0.0215. The van der Waals surface area contributed by atoms with Gasteiger partial charge in [0.2, 0.25) is 5.91 Å². The number of carbonyl (C=O) groups is 1. The summed E-state index contributed by atoms with van der Waals surface area (Å²) in [5.74, 6) is -0.709. The molecule has 74 heavy (non-hydrogen) atoms. The molecule has 436 valence electrons. The van der Waals surface area contributed by atoms with Crippen molar-refractivity contribution in [1.29, 1.82) is 0 Å². The van der Waals surface area contributed by atoms with E-state index in [0.29, 0.717) is 19.3 Å². The Labute approximate surface area is 454 Å². The first-order valence-electron chi connectivity index (χ1n) is 31.4. The van der Waals surface area contributed by atoms with Crippen molar-refractivity contribution >= 4 is 5.91 Å². The van der Waals surface area contributed by atoms with E-state index in [-0.39, 0.29) is 12.8 Å². The van der Waals surface area contributed by atoms with Crippen molar-refractivity contribution in [3.63, 3.8) is 0 Å². The highest BCUT2D eigenvalue weighted by atomic mass is 16.7. The lowest BCUT2D eigenvalue weighted by molar-refractivity contribution is -0.303. The van der Waals surface area contributed by atoms with Crippen molar-refractivity contribution < 1.29 is 50.0 Å². The zero-order valence-electron chi connectivity index (χ0n) is 47.8. The summed E-state index contributed by atoms with van der Waals surface area (Å²) in [7, 11) is 0. The van der Waals surface area contributed by atoms with E-state index in [1.54, 1.807) is 0 Å². The van der Waals surface area contributed by atoms with Gasteiger partial charge < -0.3 is 50.5 Å². The molecule has 1 aliphatic rings. The number of allylic oxidation sites excluding steroid dienone is 6. The summed E-state index contributed by atoms with van der Waals surface area (Å²) in [5, 5.41) is 76.2. The van der Waals surface area contributed by atoms with Crippen molar-refractivity contribution in [2.45, 2.75) is 345 Å². The molecule has 9 atom stereocenters. The van der Waals surface area contributed by atoms with Gasteiger partial charge in [-0.25, -0.2) is 0 Å². The number of unbranched alkanes of at least 4 members (excludes halogenated alkanes) is 36. The average Bonchev–Trinajstić information content (AvgIpc) is 3.40. The van der Waals surface area contributed by atoms with Crippen LogP contribution in [-0.4, -0.2) is 110 Å². The minimum Gasteiger partial charge on any atom is -0.394 e. The Bertz CT molecular complexity index is 1300. The van der Waals surface area contributed by atoms with Crippen LogP contribution in [0.4, 0.5) is 0 Å². The van der Waals surface area contributed by atoms with E-state index in [0.717, 1.165) is 44.9 Å². The van der Waals surface area contributed by atoms with Gasteiger partial charge in [0.05, 0.1) is 25.4 Å². The third kappa shape index (κ3) is 39.7. The van der Waals surface area contributed by atoms with Crippen LogP contribution in [0.1, 0.15) is 290 Å². The molecular weight excluding hydrogens is 931 g/mol. The smallest absolute Gasteiger partial charge is 0.249 e. The molecule has 0 saturated carbocycles. The molecule has 11 heteroatoms. The fourth-order valence-corrected chi connectivity index (χ4v) is 10.1. The van der Waals surface area contributed by atoms with Gasteiger partial charge in [-0.2, -0.15) is 0 Å². The number of hydrogen-bond acceptors (Lipinski definition) is 10. The summed E-state index contributed by atoms with van der Waals surface area (Å²) < 4.78 is 11.1. The number of nitrogens with one attached hydrogen (secondary N) is 1. The van der Waals surface area contributed by atoms with Crippen LogP contribution in [0, 0.1) is 0 Å². The summed E-state index contributed by atoms with van der Waals surface area (Å²) in [6, 6.07) is -1.19. The predicted molar refractivity (Wildman–Crippen MR) is 307 cm³/mol. The van der Waals surface area contributed by atoms with Crippen LogP contribution in [0.15, 0.2) is 36.5 Å². The summed E-state index contributed by atoms with van der Waals surface area (Å²) in [5.41, 5.74) is 0. The predicted octanol–water partition coefficient (Wildman–Crippen LogP) is 13.9. The lowest BCUT2D eigenvalue weighted by atomic mass is 9.98. The van der Waals surface area contributed by atoms with Crippen molar-refractivity contribution in [2.24, 2.45) is 0 Å². The molecule has 11 nitrogen and oxygen atoms in total. The standard InChI is InChI=1S/C63H119NO10/c1-3-5-7-9-11-13-15-17-19-21-23-24-25-26-27-28-29-30-31-32-33-35-36-38-40-42-44-46-48-50-55(66)58(68)54(53-73-63-61(71)60(70)59(69)57(52-65)74-63)64-62(72)56(67)51-49-47-45-43-41-39-37-34-22-20-18-16-14-12-10-8-6-4-2/h30-31,35-36,42,44,54-61,63,65-71H,3-29,32-34,37-41,43,45-53H2,1-2H3,(H,64,72)/b31-30+,36-35+,44-42+. The average molecular weight is 1050 g/mol. The summed E-state index contributed by atoms with van der Waals surface area (Å²) in [6.45, 7) is 3.47. The molecule has 1 aliphatic heterocycles. The molecule has 0 radical (unpaired) electrons. The minimum atomic E-state index is -1.67. The first kappa shape index (κ1) is 70.3. The van der Waals surface area contributed by atoms with Gasteiger partial charge in [0.15, 0.2) is 6.29 Å². The van der Waals surface area contributed by atoms with Crippen molar-refractivity contribution in [2.75, 3.05) is 13.2 Å². The molecule has 0 bridgehead atoms. The van der Waals surface area contributed by atoms with Crippen LogP contribution in [0.5, 0.6) is 0 Å². The van der Waals surface area contributed by atoms with Gasteiger partial charge in [0, 0.05) is 0 Å². The largest absolute Gasteiger partial charge is 0.394 e. The Kier molecular flexibility index (Phi) is 49.5. The Morgan fingerprint density at radius 2 is 0.811 bits per heavy atom. The number of carbonyl (C=O) groups excluding carboxylic acids is 1. The number of ether oxygens (including phenoxy) is 2. The van der Waals surface area contributed by atoms with Gasteiger partial charge >= 0.3 is 0 Å². The fraction of sp³-hybridized carbons (Fsp3) is 0.889. The minimum absolute atomic E-state index is 0.243. The number of aliphatic hydroxyl groups is 7. The fourth-order valence-electron chi connectivity index (χ4n) is 10.1. The first-order valence-corrected chi connectivity index (χ1v) is 31.4. The molecule has 0 aromatic heterocycles. The second-order valence-corrected chi connectivity index (χ2v) is 22.1. The molecule has 1 fully saturated rings. The molecule has 1 saturated heterocycles. The van der Waals surface area contributed by atoms with E-state index >= 15 is 0 Å². The van der Waals surface area contributed by atoms with Gasteiger partial charge in [0.25, 0.3) is 0 Å². The molecule has 0 aliphatic carbocycles. The number of rotatable bonds is 54. The Morgan fingerprint density at radius 1 is 0.459 bits per heavy atom. The van der Waals surface area contributed by atoms with Gasteiger partial charge in [-0.3, -0.25) is 4.79 Å². The SMILES string of the molecule is CCCCCCCCCCCCCCCCCC/C=C/CC/C=C/CC/C=C/CCCC(O)C(O)C(COC1OC(CO)C(O)C(O)C1O)NC(=O)C(O)CCCCCCCCCCCCCCCCCCCC. The van der Waals surface area contributed by atoms with E-state index in [1.807, 2.05) is 0 Å². The first-order chi connectivity index (χ1) is 36.2. The third-order valence-electron chi connectivity index (χ3n) is 15.2. The highest BCUT2D eigenvalue weighted by molar-refractivity contribution is 5.80. The second-order valence-electron chi connectivity index (χ2n) is 22.1. The maximum atomic E-state index is 13.2. The van der Waals surface area contributed by atoms with Crippen LogP contribution in [0.25, 0.3) is 0 Å². The zero-order valence-corrected chi connectivity index (χ0v) is 47.8. The van der Waals surface area contributed by atoms with Crippen molar-refractivity contribution in [3.8, 4) is 0 Å². The van der Waals surface area contributed by atoms with Crippen LogP contribution in [0.3, 0.4) is 0 Å². The molecule has 0 aromatic rings. The molecule has 1 amide bonds. The molecule has 9 unspecified atom stereocenters. The summed E-state index contributed by atoms with van der Waals surface area (Å²) in [6.07, 6.45) is 53.6. The summed E-state index contributed by atoms with van der Waals surface area (Å²) >= 11 is 0. The lowest BCUT2D eigenvalue weighted by Crippen LogP contribution is -2.60. The topological polar surface area (TPSA) is 189 Å². The second kappa shape index (κ2) is 52.1. The van der Waals surface area contributed by atoms with Crippen LogP contribution >= 0.6 is 0 Å². The van der Waals surface area contributed by atoms with E-state index < -0.39 is 74.2 Å². The van der Waals surface area contributed by atoms with E-state index in [2.05, 4.69) is 55.6 Å². The molecule has 1 heterocycles. The normalized spacial score (nSPS) is 20.0. The summed E-state index contributed by atoms with van der Waals surface area (Å²) in [4.78, 5) is 13.2.